The Hall–Kier alpha value is -2.11. The number of fused-ring (bicyclic) bond motifs is 1. The molecule has 0 saturated carbocycles. The maximum atomic E-state index is 10.9. The van der Waals surface area contributed by atoms with Crippen molar-refractivity contribution in [2.24, 2.45) is 0 Å². The zero-order valence-corrected chi connectivity index (χ0v) is 11.4. The van der Waals surface area contributed by atoms with E-state index in [-0.39, 0.29) is 10.7 Å². The first kappa shape index (κ1) is 12.9. The van der Waals surface area contributed by atoms with Crippen LogP contribution in [-0.2, 0) is 0 Å². The number of aromatic amines is 1. The molecule has 0 unspecified atom stereocenters. The number of halogens is 2. The Bertz CT molecular complexity index is 830. The Morgan fingerprint density at radius 3 is 2.65 bits per heavy atom. The van der Waals surface area contributed by atoms with Crippen molar-refractivity contribution in [3.63, 3.8) is 0 Å². The number of nitro groups is 1. The van der Waals surface area contributed by atoms with Gasteiger partial charge >= 0.3 is 0 Å². The molecule has 3 rings (SSSR count). The summed E-state index contributed by atoms with van der Waals surface area (Å²) in [6.45, 7) is 0. The van der Waals surface area contributed by atoms with Crippen LogP contribution in [-0.4, -0.2) is 14.9 Å². The fraction of sp³-hybridized carbons (Fsp3) is 0. The first-order valence-corrected chi connectivity index (χ1v) is 6.40. The quantitative estimate of drug-likeness (QED) is 0.561. The lowest BCUT2D eigenvalue weighted by Crippen LogP contribution is -1.90. The molecule has 3 aromatic rings. The minimum atomic E-state index is -0.526. The fourth-order valence-corrected chi connectivity index (χ4v) is 2.34. The number of benzene rings is 2. The highest BCUT2D eigenvalue weighted by atomic mass is 35.5. The van der Waals surface area contributed by atoms with Crippen LogP contribution < -0.4 is 0 Å². The zero-order chi connectivity index (χ0) is 14.3. The predicted octanol–water partition coefficient (Wildman–Crippen LogP) is 4.44. The van der Waals surface area contributed by atoms with Gasteiger partial charge in [0.25, 0.3) is 5.69 Å². The van der Waals surface area contributed by atoms with Crippen molar-refractivity contribution in [2.75, 3.05) is 0 Å². The normalized spacial score (nSPS) is 10.9. The number of para-hydroxylation sites is 1. The standard InChI is InChI=1S/C13H7Cl2N3O2/c14-8-5-4-7(6-11(8)18(19)20)13-16-10-3-1-2-9(15)12(10)17-13/h1-6H,(H,16,17). The summed E-state index contributed by atoms with van der Waals surface area (Å²) < 4.78 is 0. The van der Waals surface area contributed by atoms with Gasteiger partial charge in [-0.25, -0.2) is 4.98 Å². The number of hydrogen-bond acceptors (Lipinski definition) is 3. The molecule has 1 heterocycles. The van der Waals surface area contributed by atoms with Crippen LogP contribution in [0.5, 0.6) is 0 Å². The van der Waals surface area contributed by atoms with Gasteiger partial charge in [-0.1, -0.05) is 29.3 Å². The average molecular weight is 308 g/mol. The third-order valence-corrected chi connectivity index (χ3v) is 3.50. The SMILES string of the molecule is O=[N+]([O-])c1cc(-c2nc3c(Cl)cccc3[nH]2)ccc1Cl. The number of nitro benzene ring substituents is 1. The van der Waals surface area contributed by atoms with Crippen LogP contribution in [0, 0.1) is 10.1 Å². The third-order valence-electron chi connectivity index (χ3n) is 2.88. The summed E-state index contributed by atoms with van der Waals surface area (Å²) in [5, 5.41) is 11.5. The molecule has 0 fully saturated rings. The van der Waals surface area contributed by atoms with E-state index in [1.807, 2.05) is 6.07 Å². The average Bonchev–Trinajstić information content (AvgIpc) is 2.84. The fourth-order valence-electron chi connectivity index (χ4n) is 1.93. The van der Waals surface area contributed by atoms with E-state index in [1.165, 1.54) is 12.1 Å². The van der Waals surface area contributed by atoms with Crippen molar-refractivity contribution in [1.29, 1.82) is 0 Å². The van der Waals surface area contributed by atoms with Gasteiger partial charge in [0, 0.05) is 11.6 Å². The molecule has 1 N–H and O–H groups in total. The Balaban J connectivity index is 2.18. The second-order valence-corrected chi connectivity index (χ2v) is 4.96. The van der Waals surface area contributed by atoms with Gasteiger partial charge in [-0.05, 0) is 24.3 Å². The lowest BCUT2D eigenvalue weighted by Gasteiger charge is -1.98. The van der Waals surface area contributed by atoms with Gasteiger partial charge in [0.05, 0.1) is 15.5 Å². The summed E-state index contributed by atoms with van der Waals surface area (Å²) in [5.41, 5.74) is 1.82. The monoisotopic (exact) mass is 307 g/mol. The van der Waals surface area contributed by atoms with Crippen LogP contribution in [0.15, 0.2) is 36.4 Å². The molecule has 0 aliphatic rings. The van der Waals surface area contributed by atoms with Gasteiger partial charge < -0.3 is 4.98 Å². The van der Waals surface area contributed by atoms with E-state index in [0.29, 0.717) is 21.9 Å². The summed E-state index contributed by atoms with van der Waals surface area (Å²) in [7, 11) is 0. The summed E-state index contributed by atoms with van der Waals surface area (Å²) in [5.74, 6) is 0.507. The van der Waals surface area contributed by atoms with Crippen LogP contribution in [0.3, 0.4) is 0 Å². The number of nitrogens with one attached hydrogen (secondary N) is 1. The van der Waals surface area contributed by atoms with E-state index in [0.717, 1.165) is 5.52 Å². The number of nitrogens with zero attached hydrogens (tertiary/aromatic N) is 2. The molecule has 0 spiro atoms. The molecule has 5 nitrogen and oxygen atoms in total. The maximum Gasteiger partial charge on any atom is 0.288 e. The minimum Gasteiger partial charge on any atom is -0.338 e. The van der Waals surface area contributed by atoms with Crippen LogP contribution >= 0.6 is 23.2 Å². The Morgan fingerprint density at radius 2 is 1.95 bits per heavy atom. The molecule has 0 saturated heterocycles. The molecular weight excluding hydrogens is 301 g/mol. The highest BCUT2D eigenvalue weighted by Crippen LogP contribution is 2.31. The Kier molecular flexibility index (Phi) is 3.08. The summed E-state index contributed by atoms with van der Waals surface area (Å²) in [6.07, 6.45) is 0. The Morgan fingerprint density at radius 1 is 1.15 bits per heavy atom. The zero-order valence-electron chi connectivity index (χ0n) is 9.93. The summed E-state index contributed by atoms with van der Waals surface area (Å²) in [4.78, 5) is 17.8. The topological polar surface area (TPSA) is 71.8 Å². The maximum absolute atomic E-state index is 10.9. The molecule has 0 radical (unpaired) electrons. The van der Waals surface area contributed by atoms with E-state index in [9.17, 15) is 10.1 Å². The van der Waals surface area contributed by atoms with Gasteiger partial charge in [-0.3, -0.25) is 10.1 Å². The molecule has 2 aromatic carbocycles. The molecule has 7 heteroatoms. The molecule has 20 heavy (non-hydrogen) atoms. The van der Waals surface area contributed by atoms with Gasteiger partial charge in [0.1, 0.15) is 16.4 Å². The molecular formula is C13H7Cl2N3O2. The first-order chi connectivity index (χ1) is 9.56. The molecule has 0 amide bonds. The largest absolute Gasteiger partial charge is 0.338 e. The van der Waals surface area contributed by atoms with Crippen LogP contribution in [0.25, 0.3) is 22.4 Å². The van der Waals surface area contributed by atoms with Crippen molar-refractivity contribution < 1.29 is 4.92 Å². The third kappa shape index (κ3) is 2.11. The number of aromatic nitrogens is 2. The number of imidazole rings is 1. The van der Waals surface area contributed by atoms with Crippen molar-refractivity contribution in [3.05, 3.63) is 56.6 Å². The van der Waals surface area contributed by atoms with Gasteiger partial charge in [-0.15, -0.1) is 0 Å². The molecule has 1 aromatic heterocycles. The highest BCUT2D eigenvalue weighted by molar-refractivity contribution is 6.35. The van der Waals surface area contributed by atoms with Crippen LogP contribution in [0.4, 0.5) is 5.69 Å². The first-order valence-electron chi connectivity index (χ1n) is 5.65. The lowest BCUT2D eigenvalue weighted by molar-refractivity contribution is -0.384. The van der Waals surface area contributed by atoms with E-state index in [1.54, 1.807) is 18.2 Å². The van der Waals surface area contributed by atoms with Gasteiger partial charge in [0.2, 0.25) is 0 Å². The van der Waals surface area contributed by atoms with Crippen molar-refractivity contribution in [3.8, 4) is 11.4 Å². The van der Waals surface area contributed by atoms with Crippen LogP contribution in [0.1, 0.15) is 0 Å². The number of H-pyrrole nitrogens is 1. The molecule has 0 aliphatic carbocycles. The molecule has 0 bridgehead atoms. The van der Waals surface area contributed by atoms with Crippen molar-refractivity contribution in [1.82, 2.24) is 9.97 Å². The highest BCUT2D eigenvalue weighted by Gasteiger charge is 2.15. The smallest absolute Gasteiger partial charge is 0.288 e. The minimum absolute atomic E-state index is 0.0906. The molecule has 0 atom stereocenters. The van der Waals surface area contributed by atoms with Crippen molar-refractivity contribution >= 4 is 39.9 Å². The van der Waals surface area contributed by atoms with E-state index in [2.05, 4.69) is 9.97 Å². The van der Waals surface area contributed by atoms with Crippen molar-refractivity contribution in [2.45, 2.75) is 0 Å². The molecule has 100 valence electrons. The second kappa shape index (κ2) is 4.77. The van der Waals surface area contributed by atoms with E-state index >= 15 is 0 Å². The predicted molar refractivity (Wildman–Crippen MR) is 78.2 cm³/mol. The van der Waals surface area contributed by atoms with Crippen LogP contribution in [0.2, 0.25) is 10.0 Å². The lowest BCUT2D eigenvalue weighted by atomic mass is 10.2. The van der Waals surface area contributed by atoms with E-state index in [4.69, 9.17) is 23.2 Å². The van der Waals surface area contributed by atoms with Gasteiger partial charge in [-0.2, -0.15) is 0 Å². The van der Waals surface area contributed by atoms with E-state index < -0.39 is 4.92 Å². The number of hydrogen-bond donors (Lipinski definition) is 1. The Labute approximate surface area is 123 Å². The number of rotatable bonds is 2. The second-order valence-electron chi connectivity index (χ2n) is 4.14. The van der Waals surface area contributed by atoms with Gasteiger partial charge in [0.15, 0.2) is 0 Å². The summed E-state index contributed by atoms with van der Waals surface area (Å²) >= 11 is 11.8. The molecule has 0 aliphatic heterocycles. The summed E-state index contributed by atoms with van der Waals surface area (Å²) in [6, 6.07) is 9.90.